The Hall–Kier alpha value is -3.03. The van der Waals surface area contributed by atoms with Crippen molar-refractivity contribution in [3.63, 3.8) is 0 Å². The number of para-hydroxylation sites is 1. The van der Waals surface area contributed by atoms with Crippen LogP contribution in [0.3, 0.4) is 0 Å². The molecular weight excluding hydrogens is 266 g/mol. The molecule has 0 aliphatic carbocycles. The van der Waals surface area contributed by atoms with Crippen LogP contribution in [0.1, 0.15) is 16.1 Å². The van der Waals surface area contributed by atoms with E-state index in [1.807, 2.05) is 0 Å². The molecule has 0 aliphatic rings. The van der Waals surface area contributed by atoms with E-state index in [1.54, 1.807) is 6.07 Å². The number of carboxylic acids is 1. The number of carboxylic acid groups (broad SMARTS) is 1. The van der Waals surface area contributed by atoms with Gasteiger partial charge < -0.3 is 5.11 Å². The molecule has 1 aromatic carbocycles. The minimum Gasteiger partial charge on any atom is -0.476 e. The molecular formula is C12H9N3O5. The van der Waals surface area contributed by atoms with Crippen LogP contribution in [-0.4, -0.2) is 25.8 Å². The Bertz CT molecular complexity index is 738. The molecule has 0 saturated heterocycles. The van der Waals surface area contributed by atoms with Crippen LogP contribution >= 0.6 is 0 Å². The molecule has 0 saturated carbocycles. The van der Waals surface area contributed by atoms with Crippen LogP contribution in [0.2, 0.25) is 0 Å². The van der Waals surface area contributed by atoms with Crippen molar-refractivity contribution in [2.75, 3.05) is 0 Å². The largest absolute Gasteiger partial charge is 0.476 e. The van der Waals surface area contributed by atoms with Gasteiger partial charge in [-0.1, -0.05) is 18.2 Å². The van der Waals surface area contributed by atoms with Gasteiger partial charge in [0.2, 0.25) is 0 Å². The first-order chi connectivity index (χ1) is 9.49. The highest BCUT2D eigenvalue weighted by molar-refractivity contribution is 5.84. The zero-order valence-corrected chi connectivity index (χ0v) is 10.1. The standard InChI is InChI=1S/C12H9N3O5/c16-11-6-5-9(12(17)18)13-14(11)7-8-3-1-2-4-10(8)15(19)20/h1-6H,7H2,(H,17,18). The Morgan fingerprint density at radius 1 is 1.30 bits per heavy atom. The van der Waals surface area contributed by atoms with Crippen molar-refractivity contribution >= 4 is 11.7 Å². The van der Waals surface area contributed by atoms with E-state index in [4.69, 9.17) is 5.11 Å². The molecule has 20 heavy (non-hydrogen) atoms. The maximum Gasteiger partial charge on any atom is 0.356 e. The predicted octanol–water partition coefficient (Wildman–Crippen LogP) is 0.898. The normalized spacial score (nSPS) is 10.2. The third-order valence-corrected chi connectivity index (χ3v) is 2.59. The van der Waals surface area contributed by atoms with Crippen molar-refractivity contribution in [3.05, 3.63) is 68.1 Å². The third kappa shape index (κ3) is 2.69. The smallest absolute Gasteiger partial charge is 0.356 e. The van der Waals surface area contributed by atoms with Gasteiger partial charge in [-0.15, -0.1) is 0 Å². The Morgan fingerprint density at radius 3 is 2.65 bits per heavy atom. The molecule has 8 heteroatoms. The summed E-state index contributed by atoms with van der Waals surface area (Å²) in [5, 5.41) is 23.3. The lowest BCUT2D eigenvalue weighted by Gasteiger charge is -2.05. The van der Waals surface area contributed by atoms with Crippen LogP contribution in [0.15, 0.2) is 41.2 Å². The molecule has 2 rings (SSSR count). The number of nitro benzene ring substituents is 1. The van der Waals surface area contributed by atoms with E-state index in [0.29, 0.717) is 0 Å². The van der Waals surface area contributed by atoms with Crippen LogP contribution in [0.4, 0.5) is 5.69 Å². The summed E-state index contributed by atoms with van der Waals surface area (Å²) in [6.45, 7) is -0.170. The van der Waals surface area contributed by atoms with E-state index in [0.717, 1.165) is 16.8 Å². The lowest BCUT2D eigenvalue weighted by molar-refractivity contribution is -0.385. The van der Waals surface area contributed by atoms with E-state index in [9.17, 15) is 19.7 Å². The van der Waals surface area contributed by atoms with Crippen LogP contribution in [0.5, 0.6) is 0 Å². The number of benzene rings is 1. The lowest BCUT2D eigenvalue weighted by Crippen LogP contribution is -2.25. The Morgan fingerprint density at radius 2 is 2.00 bits per heavy atom. The van der Waals surface area contributed by atoms with Crippen LogP contribution < -0.4 is 5.56 Å². The molecule has 1 aromatic heterocycles. The molecule has 0 bridgehead atoms. The molecule has 0 fully saturated rings. The van der Waals surface area contributed by atoms with Gasteiger partial charge in [0.25, 0.3) is 11.2 Å². The fourth-order valence-electron chi connectivity index (χ4n) is 1.66. The number of aromatic nitrogens is 2. The number of rotatable bonds is 4. The summed E-state index contributed by atoms with van der Waals surface area (Å²) in [6.07, 6.45) is 0. The van der Waals surface area contributed by atoms with Crippen LogP contribution in [-0.2, 0) is 6.54 Å². The number of hydrogen-bond acceptors (Lipinski definition) is 5. The third-order valence-electron chi connectivity index (χ3n) is 2.59. The Labute approximate surface area is 112 Å². The number of nitrogens with zero attached hydrogens (tertiary/aromatic N) is 3. The fourth-order valence-corrected chi connectivity index (χ4v) is 1.66. The van der Waals surface area contributed by atoms with Crippen LogP contribution in [0, 0.1) is 10.1 Å². The summed E-state index contributed by atoms with van der Waals surface area (Å²) in [5.41, 5.74) is -0.715. The lowest BCUT2D eigenvalue weighted by atomic mass is 10.2. The number of carbonyl (C=O) groups is 1. The monoisotopic (exact) mass is 275 g/mol. The molecule has 0 unspecified atom stereocenters. The molecule has 0 atom stereocenters. The summed E-state index contributed by atoms with van der Waals surface area (Å²) in [4.78, 5) is 32.7. The van der Waals surface area contributed by atoms with Crippen molar-refractivity contribution in [3.8, 4) is 0 Å². The molecule has 102 valence electrons. The van der Waals surface area contributed by atoms with Crippen molar-refractivity contribution in [1.82, 2.24) is 9.78 Å². The number of hydrogen-bond donors (Lipinski definition) is 1. The molecule has 0 amide bonds. The van der Waals surface area contributed by atoms with E-state index < -0.39 is 16.5 Å². The summed E-state index contributed by atoms with van der Waals surface area (Å²) < 4.78 is 0.881. The maximum absolute atomic E-state index is 11.6. The first kappa shape index (κ1) is 13.4. The number of aromatic carboxylic acids is 1. The van der Waals surface area contributed by atoms with Crippen molar-refractivity contribution in [2.45, 2.75) is 6.54 Å². The van der Waals surface area contributed by atoms with Gasteiger partial charge in [-0.25, -0.2) is 9.48 Å². The van der Waals surface area contributed by atoms with Gasteiger partial charge >= 0.3 is 5.97 Å². The zero-order chi connectivity index (χ0) is 14.7. The fraction of sp³-hybridized carbons (Fsp3) is 0.0833. The molecule has 1 heterocycles. The highest BCUT2D eigenvalue weighted by Crippen LogP contribution is 2.17. The average Bonchev–Trinajstić information content (AvgIpc) is 2.41. The average molecular weight is 275 g/mol. The molecule has 2 aromatic rings. The maximum atomic E-state index is 11.6. The minimum atomic E-state index is -1.28. The van der Waals surface area contributed by atoms with Gasteiger partial charge in [0, 0.05) is 12.1 Å². The van der Waals surface area contributed by atoms with Gasteiger partial charge in [-0.05, 0) is 6.07 Å². The number of nitro groups is 1. The second-order valence-corrected chi connectivity index (χ2v) is 3.91. The highest BCUT2D eigenvalue weighted by atomic mass is 16.6. The van der Waals surface area contributed by atoms with E-state index in [-0.39, 0.29) is 23.5 Å². The first-order valence-corrected chi connectivity index (χ1v) is 5.53. The summed E-state index contributed by atoms with van der Waals surface area (Å²) >= 11 is 0. The van der Waals surface area contributed by atoms with E-state index in [2.05, 4.69) is 5.10 Å². The van der Waals surface area contributed by atoms with E-state index >= 15 is 0 Å². The second kappa shape index (κ2) is 5.31. The van der Waals surface area contributed by atoms with Gasteiger partial charge in [0.15, 0.2) is 5.69 Å². The predicted molar refractivity (Wildman–Crippen MR) is 67.7 cm³/mol. The summed E-state index contributed by atoms with van der Waals surface area (Å²) in [7, 11) is 0. The topological polar surface area (TPSA) is 115 Å². The summed E-state index contributed by atoms with van der Waals surface area (Å²) in [6, 6.07) is 8.03. The van der Waals surface area contributed by atoms with Gasteiger partial charge in [0.1, 0.15) is 0 Å². The quantitative estimate of drug-likeness (QED) is 0.654. The zero-order valence-electron chi connectivity index (χ0n) is 10.1. The van der Waals surface area contributed by atoms with Crippen molar-refractivity contribution in [2.24, 2.45) is 0 Å². The molecule has 1 N–H and O–H groups in total. The molecule has 0 spiro atoms. The van der Waals surface area contributed by atoms with Crippen molar-refractivity contribution < 1.29 is 14.8 Å². The first-order valence-electron chi connectivity index (χ1n) is 5.53. The second-order valence-electron chi connectivity index (χ2n) is 3.91. The van der Waals surface area contributed by atoms with E-state index in [1.165, 1.54) is 18.2 Å². The Kier molecular flexibility index (Phi) is 3.56. The summed E-state index contributed by atoms with van der Waals surface area (Å²) in [5.74, 6) is -1.28. The molecule has 8 nitrogen and oxygen atoms in total. The van der Waals surface area contributed by atoms with Crippen molar-refractivity contribution in [1.29, 1.82) is 0 Å². The van der Waals surface area contributed by atoms with Gasteiger partial charge in [0.05, 0.1) is 17.0 Å². The highest BCUT2D eigenvalue weighted by Gasteiger charge is 2.14. The molecule has 0 radical (unpaired) electrons. The van der Waals surface area contributed by atoms with Crippen LogP contribution in [0.25, 0.3) is 0 Å². The van der Waals surface area contributed by atoms with Gasteiger partial charge in [-0.2, -0.15) is 5.10 Å². The molecule has 0 aliphatic heterocycles. The van der Waals surface area contributed by atoms with Gasteiger partial charge in [-0.3, -0.25) is 14.9 Å². The Balaban J connectivity index is 2.45. The SMILES string of the molecule is O=C(O)c1ccc(=O)n(Cc2ccccc2[N+](=O)[O-])n1. The minimum absolute atomic E-state index is 0.151.